The minimum Gasteiger partial charge on any atom is -0.264 e. The Morgan fingerprint density at radius 1 is 1.46 bits per heavy atom. The number of tetrazole rings is 1. The fraction of sp³-hybridized carbons (Fsp3) is 0. The molecule has 0 unspecified atom stereocenters. The van der Waals surface area contributed by atoms with Gasteiger partial charge in [0.25, 0.3) is 0 Å². The third-order valence-corrected chi connectivity index (χ3v) is 1.51. The molecule has 0 aliphatic heterocycles. The van der Waals surface area contributed by atoms with Crippen molar-refractivity contribution in [3.63, 3.8) is 0 Å². The van der Waals surface area contributed by atoms with Crippen LogP contribution in [0.2, 0.25) is 0 Å². The van der Waals surface area contributed by atoms with Crippen molar-refractivity contribution >= 4 is 6.20 Å². The molecule has 0 saturated heterocycles. The van der Waals surface area contributed by atoms with Gasteiger partial charge in [-0.15, -0.1) is 15.0 Å². The van der Waals surface area contributed by atoms with Crippen LogP contribution >= 0.6 is 0 Å². The van der Waals surface area contributed by atoms with E-state index in [2.05, 4.69) is 27.0 Å². The molecule has 2 heterocycles. The van der Waals surface area contributed by atoms with Gasteiger partial charge in [0, 0.05) is 24.2 Å². The molecule has 5 heteroatoms. The van der Waals surface area contributed by atoms with Crippen molar-refractivity contribution in [2.75, 3.05) is 0 Å². The highest BCUT2D eigenvalue weighted by Gasteiger charge is 2.02. The van der Waals surface area contributed by atoms with E-state index in [4.69, 9.17) is 0 Å². The van der Waals surface area contributed by atoms with Crippen molar-refractivity contribution in [3.8, 4) is 11.4 Å². The van der Waals surface area contributed by atoms with Crippen LogP contribution in [0.3, 0.4) is 0 Å². The maximum Gasteiger partial charge on any atom is 0.206 e. The quantitative estimate of drug-likeness (QED) is 0.675. The van der Waals surface area contributed by atoms with Gasteiger partial charge in [-0.2, -0.15) is 0 Å². The first-order valence-electron chi connectivity index (χ1n) is 3.72. The first-order chi connectivity index (χ1) is 6.40. The summed E-state index contributed by atoms with van der Waals surface area (Å²) in [5.41, 5.74) is 0.843. The van der Waals surface area contributed by atoms with Crippen LogP contribution in [0, 0.1) is 0 Å². The maximum absolute atomic E-state index is 4.04. The van der Waals surface area contributed by atoms with Crippen LogP contribution in [0.15, 0.2) is 31.1 Å². The molecule has 2 rings (SSSR count). The first-order valence-corrected chi connectivity index (χ1v) is 3.72. The van der Waals surface area contributed by atoms with Gasteiger partial charge in [-0.3, -0.25) is 4.98 Å². The molecule has 0 fully saturated rings. The summed E-state index contributed by atoms with van der Waals surface area (Å²) in [5.74, 6) is 0.549. The second kappa shape index (κ2) is 3.14. The molecule has 0 aliphatic rings. The minimum absolute atomic E-state index is 0.549. The third-order valence-electron chi connectivity index (χ3n) is 1.51. The molecule has 5 nitrogen and oxygen atoms in total. The van der Waals surface area contributed by atoms with Gasteiger partial charge < -0.3 is 0 Å². The van der Waals surface area contributed by atoms with Crippen LogP contribution in [0.4, 0.5) is 0 Å². The van der Waals surface area contributed by atoms with E-state index in [-0.39, 0.29) is 0 Å². The summed E-state index contributed by atoms with van der Waals surface area (Å²) >= 11 is 0. The SMILES string of the molecule is C=Cn1nnc(-c2cccnc2)n1. The number of rotatable bonds is 2. The van der Waals surface area contributed by atoms with Crippen LogP contribution < -0.4 is 0 Å². The van der Waals surface area contributed by atoms with Crippen molar-refractivity contribution in [1.29, 1.82) is 0 Å². The lowest BCUT2D eigenvalue weighted by atomic mass is 10.3. The van der Waals surface area contributed by atoms with E-state index in [1.807, 2.05) is 12.1 Å². The summed E-state index contributed by atoms with van der Waals surface area (Å²) in [6.45, 7) is 3.52. The number of nitrogens with zero attached hydrogens (tertiary/aromatic N) is 5. The van der Waals surface area contributed by atoms with E-state index in [0.29, 0.717) is 5.82 Å². The van der Waals surface area contributed by atoms with Gasteiger partial charge in [0.15, 0.2) is 0 Å². The Kier molecular flexibility index (Phi) is 1.84. The number of hydrogen-bond donors (Lipinski definition) is 0. The van der Waals surface area contributed by atoms with Gasteiger partial charge >= 0.3 is 0 Å². The lowest BCUT2D eigenvalue weighted by Gasteiger charge is -1.89. The molecule has 0 amide bonds. The molecule has 0 N–H and O–H groups in total. The van der Waals surface area contributed by atoms with Crippen molar-refractivity contribution in [2.24, 2.45) is 0 Å². The third kappa shape index (κ3) is 1.44. The van der Waals surface area contributed by atoms with Crippen LogP contribution in [-0.4, -0.2) is 25.2 Å². The first kappa shape index (κ1) is 7.60. The Hall–Kier alpha value is -2.04. The average Bonchev–Trinajstić information content (AvgIpc) is 2.67. The summed E-state index contributed by atoms with van der Waals surface area (Å²) in [7, 11) is 0. The Morgan fingerprint density at radius 2 is 2.38 bits per heavy atom. The van der Waals surface area contributed by atoms with Gasteiger partial charge in [0.2, 0.25) is 5.82 Å². The fourth-order valence-electron chi connectivity index (χ4n) is 0.913. The van der Waals surface area contributed by atoms with Crippen LogP contribution in [0.5, 0.6) is 0 Å². The summed E-state index contributed by atoms with van der Waals surface area (Å²) in [4.78, 5) is 5.26. The van der Waals surface area contributed by atoms with E-state index in [1.54, 1.807) is 12.4 Å². The molecular formula is C8H7N5. The predicted octanol–water partition coefficient (Wildman–Crippen LogP) is 0.836. The highest BCUT2D eigenvalue weighted by Crippen LogP contribution is 2.09. The van der Waals surface area contributed by atoms with E-state index in [1.165, 1.54) is 11.0 Å². The summed E-state index contributed by atoms with van der Waals surface area (Å²) in [6.07, 6.45) is 4.86. The topological polar surface area (TPSA) is 56.5 Å². The zero-order chi connectivity index (χ0) is 9.10. The van der Waals surface area contributed by atoms with E-state index in [9.17, 15) is 0 Å². The zero-order valence-electron chi connectivity index (χ0n) is 6.83. The molecule has 0 atom stereocenters. The molecule has 0 spiro atoms. The second-order valence-electron chi connectivity index (χ2n) is 2.36. The molecule has 0 aromatic carbocycles. The second-order valence-corrected chi connectivity index (χ2v) is 2.36. The number of pyridine rings is 1. The Balaban J connectivity index is 2.41. The minimum atomic E-state index is 0.549. The lowest BCUT2D eigenvalue weighted by molar-refractivity contribution is 0.760. The molecular weight excluding hydrogens is 166 g/mol. The van der Waals surface area contributed by atoms with Gasteiger partial charge in [-0.1, -0.05) is 6.58 Å². The molecule has 0 bridgehead atoms. The Labute approximate surface area is 74.7 Å². The molecule has 0 aliphatic carbocycles. The highest BCUT2D eigenvalue weighted by molar-refractivity contribution is 5.51. The van der Waals surface area contributed by atoms with Crippen LogP contribution in [0.25, 0.3) is 17.6 Å². The van der Waals surface area contributed by atoms with E-state index >= 15 is 0 Å². The Bertz CT molecular complexity index is 405. The number of hydrogen-bond acceptors (Lipinski definition) is 4. The van der Waals surface area contributed by atoms with Gasteiger partial charge in [0.1, 0.15) is 0 Å². The number of aromatic nitrogens is 5. The van der Waals surface area contributed by atoms with Crippen molar-refractivity contribution in [3.05, 3.63) is 31.1 Å². The summed E-state index contributed by atoms with van der Waals surface area (Å²) in [5, 5.41) is 11.6. The fourth-order valence-corrected chi connectivity index (χ4v) is 0.913. The zero-order valence-corrected chi connectivity index (χ0v) is 6.83. The Morgan fingerprint density at radius 3 is 3.00 bits per heavy atom. The van der Waals surface area contributed by atoms with Crippen molar-refractivity contribution < 1.29 is 0 Å². The van der Waals surface area contributed by atoms with Gasteiger partial charge in [-0.25, -0.2) is 0 Å². The lowest BCUT2D eigenvalue weighted by Crippen LogP contribution is -1.89. The molecule has 2 aromatic rings. The largest absolute Gasteiger partial charge is 0.264 e. The van der Waals surface area contributed by atoms with Crippen LogP contribution in [-0.2, 0) is 0 Å². The van der Waals surface area contributed by atoms with Crippen molar-refractivity contribution in [2.45, 2.75) is 0 Å². The van der Waals surface area contributed by atoms with E-state index < -0.39 is 0 Å². The van der Waals surface area contributed by atoms with Crippen molar-refractivity contribution in [1.82, 2.24) is 25.2 Å². The average molecular weight is 173 g/mol. The van der Waals surface area contributed by atoms with Gasteiger partial charge in [-0.05, 0) is 17.3 Å². The summed E-state index contributed by atoms with van der Waals surface area (Å²) in [6, 6.07) is 3.70. The molecule has 0 radical (unpaired) electrons. The normalized spacial score (nSPS) is 9.85. The highest BCUT2D eigenvalue weighted by atomic mass is 15.6. The van der Waals surface area contributed by atoms with Gasteiger partial charge in [0.05, 0.1) is 0 Å². The van der Waals surface area contributed by atoms with E-state index in [0.717, 1.165) is 5.56 Å². The monoisotopic (exact) mass is 173 g/mol. The molecule has 2 aromatic heterocycles. The standard InChI is InChI=1S/C8H7N5/c1-2-13-11-8(10-12-13)7-4-3-5-9-6-7/h2-6H,1H2. The summed E-state index contributed by atoms with van der Waals surface area (Å²) < 4.78 is 0. The van der Waals surface area contributed by atoms with Crippen LogP contribution in [0.1, 0.15) is 0 Å². The molecule has 13 heavy (non-hydrogen) atoms. The molecule has 0 saturated carbocycles. The smallest absolute Gasteiger partial charge is 0.206 e. The predicted molar refractivity (Wildman–Crippen MR) is 47.4 cm³/mol. The maximum atomic E-state index is 4.04. The molecule has 64 valence electrons.